The van der Waals surface area contributed by atoms with Crippen molar-refractivity contribution >= 4 is 22.7 Å². The number of anilines is 4. The van der Waals surface area contributed by atoms with Crippen molar-refractivity contribution in [2.24, 2.45) is 0 Å². The second kappa shape index (κ2) is 31.3. The second-order valence-corrected chi connectivity index (χ2v) is 12.0. The topological polar surface area (TPSA) is 6.48 Å². The maximum Gasteiger partial charge on any atom is 3.00 e. The van der Waals surface area contributed by atoms with Gasteiger partial charge in [0.2, 0.25) is 0 Å². The summed E-state index contributed by atoms with van der Waals surface area (Å²) in [5.74, 6) is 0. The van der Waals surface area contributed by atoms with Crippen molar-refractivity contribution in [3.8, 4) is 0 Å². The first-order valence-corrected chi connectivity index (χ1v) is 20.8. The van der Waals surface area contributed by atoms with Crippen LogP contribution in [0.5, 0.6) is 0 Å². The summed E-state index contributed by atoms with van der Waals surface area (Å²) in [7, 11) is 4.27. The molecule has 0 aliphatic carbocycles. The van der Waals surface area contributed by atoms with Gasteiger partial charge in [-0.1, -0.05) is 128 Å². The predicted molar refractivity (Wildman–Crippen MR) is 252 cm³/mol. The van der Waals surface area contributed by atoms with Crippen LogP contribution in [0, 0.1) is 18.2 Å². The summed E-state index contributed by atoms with van der Waals surface area (Å²) in [6.45, 7) is 16.0. The molecule has 0 saturated heterocycles. The van der Waals surface area contributed by atoms with Gasteiger partial charge in [-0.15, -0.1) is 0 Å². The van der Waals surface area contributed by atoms with Crippen LogP contribution in [0.25, 0.3) is 0 Å². The minimum Gasteiger partial charge on any atom is -0.344 e. The molecule has 298 valence electrons. The van der Waals surface area contributed by atoms with E-state index in [0.29, 0.717) is 0 Å². The number of rotatable bonds is 2. The monoisotopic (exact) mass is 842 g/mol. The van der Waals surface area contributed by atoms with E-state index >= 15 is 0 Å². The third-order valence-electron chi connectivity index (χ3n) is 8.71. The molecule has 0 atom stereocenters. The molecule has 0 fully saturated rings. The van der Waals surface area contributed by atoms with E-state index in [1.165, 1.54) is 56.1 Å². The van der Waals surface area contributed by atoms with Gasteiger partial charge in [0.15, 0.2) is 0 Å². The zero-order valence-electron chi connectivity index (χ0n) is 36.8. The molecular formula is C55H65N2Y. The van der Waals surface area contributed by atoms with Gasteiger partial charge in [0, 0.05) is 49.7 Å². The van der Waals surface area contributed by atoms with E-state index in [4.69, 9.17) is 0 Å². The molecule has 2 aliphatic heterocycles. The largest absolute Gasteiger partial charge is 3.00 e. The van der Waals surface area contributed by atoms with Gasteiger partial charge < -0.3 is 9.80 Å². The summed E-state index contributed by atoms with van der Waals surface area (Å²) in [4.78, 5) is 4.54. The fourth-order valence-electron chi connectivity index (χ4n) is 6.25. The summed E-state index contributed by atoms with van der Waals surface area (Å²) < 4.78 is 0. The van der Waals surface area contributed by atoms with Gasteiger partial charge >= 0.3 is 32.7 Å². The smallest absolute Gasteiger partial charge is 0.344 e. The van der Waals surface area contributed by atoms with Crippen molar-refractivity contribution in [2.45, 2.75) is 74.7 Å². The Morgan fingerprint density at radius 3 is 0.879 bits per heavy atom. The molecule has 0 saturated carbocycles. The summed E-state index contributed by atoms with van der Waals surface area (Å²) in [5, 5.41) is 0. The molecule has 58 heavy (non-hydrogen) atoms. The minimum absolute atomic E-state index is 0. The molecule has 9 rings (SSSR count). The standard InChI is InChI=1S/2C14H13N.C13H10.C6H5.4C2H6.Y/c2*1-15-13-8-4-2-6-11(13)10-12-7-3-5-9-14(12)15;1-3-7-12(8-4-1)11-13-9-5-2-6-10-13;1-2-4-6-5-3-1;4*1-2;/h2*2-9H,10H2,1H3;1-7,9H,11H2;1-5H;4*1-2H3;/q;;-2;-1;;;;;+3. The van der Waals surface area contributed by atoms with E-state index in [1.807, 2.05) is 122 Å². The van der Waals surface area contributed by atoms with E-state index in [0.717, 1.165) is 19.3 Å². The Morgan fingerprint density at radius 1 is 0.362 bits per heavy atom. The van der Waals surface area contributed by atoms with Crippen LogP contribution in [0.2, 0.25) is 0 Å². The van der Waals surface area contributed by atoms with Crippen molar-refractivity contribution in [2.75, 3.05) is 23.9 Å². The molecule has 2 nitrogen and oxygen atoms in total. The summed E-state index contributed by atoms with van der Waals surface area (Å²) >= 11 is 0. The summed E-state index contributed by atoms with van der Waals surface area (Å²) in [5.41, 5.74) is 13.4. The molecule has 0 spiro atoms. The van der Waals surface area contributed by atoms with E-state index < -0.39 is 0 Å². The van der Waals surface area contributed by atoms with Gasteiger partial charge in [-0.25, -0.2) is 0 Å². The van der Waals surface area contributed by atoms with E-state index in [1.54, 1.807) is 0 Å². The molecule has 3 heteroatoms. The molecule has 0 amide bonds. The molecule has 2 aliphatic rings. The summed E-state index contributed by atoms with van der Waals surface area (Å²) in [6.07, 6.45) is 3.02. The Kier molecular flexibility index (Phi) is 27.6. The van der Waals surface area contributed by atoms with Gasteiger partial charge in [0.1, 0.15) is 0 Å². The van der Waals surface area contributed by atoms with Gasteiger partial charge in [-0.2, -0.15) is 108 Å². The SMILES string of the molecule is CC.CC.CC.CC.CN1c2ccccc2Cc2ccccc21.CN1c2ccccc2Cc2ccccc21.[Y+3].[c-]1ccccc1.[c-]1ccccc1Cc1[c-]cccc1. The Morgan fingerprint density at radius 2 is 0.638 bits per heavy atom. The Balaban J connectivity index is 0.000000374. The first-order chi connectivity index (χ1) is 28.2. The predicted octanol–water partition coefficient (Wildman–Crippen LogP) is 15.2. The first kappa shape index (κ1) is 51.3. The summed E-state index contributed by atoms with van der Waals surface area (Å²) in [6, 6.07) is 69.4. The zero-order chi connectivity index (χ0) is 41.7. The second-order valence-electron chi connectivity index (χ2n) is 12.0. The Hall–Kier alpha value is -4.76. The fraction of sp³-hybridized carbons (Fsp3) is 0.236. The number of nitrogens with zero attached hydrogens (tertiary/aromatic N) is 2. The number of benzene rings is 7. The molecule has 0 aromatic heterocycles. The van der Waals surface area contributed by atoms with Gasteiger partial charge in [-0.3, -0.25) is 0 Å². The van der Waals surface area contributed by atoms with Crippen molar-refractivity contribution in [3.05, 3.63) is 228 Å². The maximum absolute atomic E-state index is 3.20. The third-order valence-corrected chi connectivity index (χ3v) is 8.71. The molecule has 7 aromatic rings. The number of hydrogen-bond acceptors (Lipinski definition) is 2. The molecule has 2 heterocycles. The van der Waals surface area contributed by atoms with Gasteiger partial charge in [0.05, 0.1) is 0 Å². The van der Waals surface area contributed by atoms with Crippen molar-refractivity contribution in [1.82, 2.24) is 0 Å². The molecule has 0 N–H and O–H groups in total. The molecule has 0 bridgehead atoms. The van der Waals surface area contributed by atoms with Crippen LogP contribution < -0.4 is 9.80 Å². The van der Waals surface area contributed by atoms with E-state index in [9.17, 15) is 0 Å². The van der Waals surface area contributed by atoms with Crippen molar-refractivity contribution < 1.29 is 32.7 Å². The van der Waals surface area contributed by atoms with Crippen LogP contribution >= 0.6 is 0 Å². The minimum atomic E-state index is 0. The quantitative estimate of drug-likeness (QED) is 0.160. The van der Waals surface area contributed by atoms with Crippen LogP contribution in [0.15, 0.2) is 176 Å². The average Bonchev–Trinajstić information content (AvgIpc) is 3.31. The van der Waals surface area contributed by atoms with Crippen LogP contribution in [0.3, 0.4) is 0 Å². The van der Waals surface area contributed by atoms with Crippen molar-refractivity contribution in [1.29, 1.82) is 0 Å². The van der Waals surface area contributed by atoms with Crippen LogP contribution in [-0.4, -0.2) is 14.1 Å². The van der Waals surface area contributed by atoms with E-state index in [2.05, 4.69) is 151 Å². The molecule has 0 unspecified atom stereocenters. The maximum atomic E-state index is 3.20. The average molecular weight is 843 g/mol. The zero-order valence-corrected chi connectivity index (χ0v) is 39.7. The van der Waals surface area contributed by atoms with Crippen molar-refractivity contribution in [3.63, 3.8) is 0 Å². The fourth-order valence-corrected chi connectivity index (χ4v) is 6.25. The van der Waals surface area contributed by atoms with Gasteiger partial charge in [0.25, 0.3) is 0 Å². The molecule has 7 aromatic carbocycles. The van der Waals surface area contributed by atoms with Crippen LogP contribution in [-0.2, 0) is 52.0 Å². The third kappa shape index (κ3) is 16.2. The van der Waals surface area contributed by atoms with Crippen LogP contribution in [0.4, 0.5) is 22.7 Å². The molecular weight excluding hydrogens is 778 g/mol. The van der Waals surface area contributed by atoms with Gasteiger partial charge in [-0.05, 0) is 52.9 Å². The van der Waals surface area contributed by atoms with Crippen LogP contribution in [0.1, 0.15) is 88.8 Å². The Bertz CT molecular complexity index is 1780. The molecule has 0 radical (unpaired) electrons. The normalized spacial score (nSPS) is 10.3. The first-order valence-electron chi connectivity index (χ1n) is 20.8. The number of fused-ring (bicyclic) bond motifs is 4. The van der Waals surface area contributed by atoms with E-state index in [-0.39, 0.29) is 32.7 Å². The number of hydrogen-bond donors (Lipinski definition) is 0. The Labute approximate surface area is 378 Å². The number of para-hydroxylation sites is 4.